The molecule has 2 amide bonds. The van der Waals surface area contributed by atoms with Crippen molar-refractivity contribution in [3.05, 3.63) is 70.8 Å². The number of carbonyl (C=O) groups is 2. The zero-order valence-electron chi connectivity index (χ0n) is 17.7. The van der Waals surface area contributed by atoms with Crippen LogP contribution in [0.1, 0.15) is 49.4 Å². The van der Waals surface area contributed by atoms with Crippen molar-refractivity contribution in [1.82, 2.24) is 10.2 Å². The Labute approximate surface area is 169 Å². The number of hydrogen-bond donors (Lipinski definition) is 1. The second kappa shape index (κ2) is 10.1. The van der Waals surface area contributed by atoms with E-state index in [1.165, 1.54) is 11.1 Å². The number of nitrogens with zero attached hydrogens (tertiary/aromatic N) is 1. The molecule has 0 aliphatic rings. The molecule has 1 atom stereocenters. The predicted octanol–water partition coefficient (Wildman–Crippen LogP) is 4.18. The minimum Gasteiger partial charge on any atom is -0.352 e. The topological polar surface area (TPSA) is 49.4 Å². The molecule has 0 aliphatic heterocycles. The molecule has 0 saturated carbocycles. The first-order valence-corrected chi connectivity index (χ1v) is 9.97. The molecule has 1 unspecified atom stereocenters. The molecule has 2 aromatic rings. The number of aryl methyl sites for hydroxylation is 3. The van der Waals surface area contributed by atoms with E-state index in [4.69, 9.17) is 0 Å². The van der Waals surface area contributed by atoms with Gasteiger partial charge in [-0.25, -0.2) is 0 Å². The van der Waals surface area contributed by atoms with Crippen molar-refractivity contribution in [3.8, 4) is 0 Å². The summed E-state index contributed by atoms with van der Waals surface area (Å²) in [7, 11) is 0. The molecule has 0 saturated heterocycles. The van der Waals surface area contributed by atoms with E-state index in [1.54, 1.807) is 11.8 Å². The first-order chi connectivity index (χ1) is 13.3. The maximum absolute atomic E-state index is 13.0. The van der Waals surface area contributed by atoms with Gasteiger partial charge in [-0.3, -0.25) is 9.59 Å². The second-order valence-corrected chi connectivity index (χ2v) is 7.83. The molecule has 4 nitrogen and oxygen atoms in total. The van der Waals surface area contributed by atoms with Gasteiger partial charge in [0.1, 0.15) is 6.04 Å². The Hall–Kier alpha value is -2.62. The fourth-order valence-corrected chi connectivity index (χ4v) is 3.03. The van der Waals surface area contributed by atoms with Crippen LogP contribution in [0.2, 0.25) is 0 Å². The van der Waals surface area contributed by atoms with Crippen LogP contribution in [0.4, 0.5) is 0 Å². The lowest BCUT2D eigenvalue weighted by atomic mass is 10.1. The van der Waals surface area contributed by atoms with E-state index in [2.05, 4.69) is 29.6 Å². The molecular weight excluding hydrogens is 348 g/mol. The van der Waals surface area contributed by atoms with Gasteiger partial charge in [0.15, 0.2) is 0 Å². The van der Waals surface area contributed by atoms with Crippen molar-refractivity contribution in [2.45, 2.75) is 66.1 Å². The lowest BCUT2D eigenvalue weighted by Gasteiger charge is -2.29. The average Bonchev–Trinajstić information content (AvgIpc) is 2.65. The maximum atomic E-state index is 13.0. The van der Waals surface area contributed by atoms with Gasteiger partial charge in [-0.15, -0.1) is 0 Å². The molecule has 0 fully saturated rings. The van der Waals surface area contributed by atoms with Crippen molar-refractivity contribution in [3.63, 3.8) is 0 Å². The van der Waals surface area contributed by atoms with Gasteiger partial charge in [0.05, 0.1) is 0 Å². The minimum atomic E-state index is -0.519. The molecule has 0 spiro atoms. The molecule has 28 heavy (non-hydrogen) atoms. The van der Waals surface area contributed by atoms with E-state index in [1.807, 2.05) is 52.0 Å². The van der Waals surface area contributed by atoms with Crippen LogP contribution in [0.25, 0.3) is 0 Å². The zero-order valence-corrected chi connectivity index (χ0v) is 17.7. The molecular formula is C24H32N2O2. The summed E-state index contributed by atoms with van der Waals surface area (Å²) >= 11 is 0. The third-order valence-electron chi connectivity index (χ3n) is 4.82. The summed E-state index contributed by atoms with van der Waals surface area (Å²) < 4.78 is 0. The Bertz CT molecular complexity index is 779. The number of nitrogens with one attached hydrogen (secondary N) is 1. The van der Waals surface area contributed by atoms with Crippen LogP contribution in [-0.4, -0.2) is 28.8 Å². The molecule has 0 aromatic heterocycles. The van der Waals surface area contributed by atoms with Crippen LogP contribution in [0.5, 0.6) is 0 Å². The quantitative estimate of drug-likeness (QED) is 0.747. The normalized spacial score (nSPS) is 11.9. The number of amides is 2. The summed E-state index contributed by atoms with van der Waals surface area (Å²) in [5.74, 6) is -0.127. The summed E-state index contributed by atoms with van der Waals surface area (Å²) in [6.07, 6.45) is 1.05. The predicted molar refractivity (Wildman–Crippen MR) is 114 cm³/mol. The molecule has 0 bridgehead atoms. The highest BCUT2D eigenvalue weighted by molar-refractivity contribution is 5.87. The van der Waals surface area contributed by atoms with Gasteiger partial charge < -0.3 is 10.2 Å². The lowest BCUT2D eigenvalue weighted by Crippen LogP contribution is -2.49. The standard InChI is InChI=1S/C24H32N2O2/c1-17(2)25-24(28)20(5)26(16-22-12-8-19(4)9-13-22)23(27)15-14-21-10-6-18(3)7-11-21/h6-13,17,20H,14-16H2,1-5H3,(H,25,28). The second-order valence-electron chi connectivity index (χ2n) is 7.83. The maximum Gasteiger partial charge on any atom is 0.242 e. The Morgan fingerprint density at radius 2 is 1.36 bits per heavy atom. The monoisotopic (exact) mass is 380 g/mol. The van der Waals surface area contributed by atoms with Gasteiger partial charge in [0.2, 0.25) is 11.8 Å². The van der Waals surface area contributed by atoms with E-state index in [9.17, 15) is 9.59 Å². The fraction of sp³-hybridized carbons (Fsp3) is 0.417. The summed E-state index contributed by atoms with van der Waals surface area (Å²) in [4.78, 5) is 27.3. The van der Waals surface area contributed by atoms with Gasteiger partial charge in [0.25, 0.3) is 0 Å². The van der Waals surface area contributed by atoms with Gasteiger partial charge in [-0.2, -0.15) is 0 Å². The highest BCUT2D eigenvalue weighted by atomic mass is 16.2. The first-order valence-electron chi connectivity index (χ1n) is 9.97. The zero-order chi connectivity index (χ0) is 20.7. The third kappa shape index (κ3) is 6.52. The smallest absolute Gasteiger partial charge is 0.242 e. The summed E-state index contributed by atoms with van der Waals surface area (Å²) in [6, 6.07) is 15.8. The van der Waals surface area contributed by atoms with Gasteiger partial charge in [-0.05, 0) is 52.2 Å². The van der Waals surface area contributed by atoms with Crippen LogP contribution < -0.4 is 5.32 Å². The van der Waals surface area contributed by atoms with Gasteiger partial charge in [0, 0.05) is 19.0 Å². The molecule has 1 N–H and O–H groups in total. The Morgan fingerprint density at radius 1 is 0.857 bits per heavy atom. The molecule has 0 aliphatic carbocycles. The van der Waals surface area contributed by atoms with Crippen LogP contribution in [0, 0.1) is 13.8 Å². The first kappa shape index (κ1) is 21.7. The Balaban J connectivity index is 2.12. The summed E-state index contributed by atoms with van der Waals surface area (Å²) in [5.41, 5.74) is 4.54. The summed E-state index contributed by atoms with van der Waals surface area (Å²) in [5, 5.41) is 2.92. The van der Waals surface area contributed by atoms with E-state index in [-0.39, 0.29) is 17.9 Å². The van der Waals surface area contributed by atoms with Crippen LogP contribution in [-0.2, 0) is 22.6 Å². The molecule has 2 aromatic carbocycles. The number of benzene rings is 2. The van der Waals surface area contributed by atoms with E-state index >= 15 is 0 Å². The Morgan fingerprint density at radius 3 is 1.86 bits per heavy atom. The van der Waals surface area contributed by atoms with Crippen LogP contribution >= 0.6 is 0 Å². The fourth-order valence-electron chi connectivity index (χ4n) is 3.03. The SMILES string of the molecule is Cc1ccc(CCC(=O)N(Cc2ccc(C)cc2)C(C)C(=O)NC(C)C)cc1. The highest BCUT2D eigenvalue weighted by Gasteiger charge is 2.26. The van der Waals surface area contributed by atoms with Crippen LogP contribution in [0.15, 0.2) is 48.5 Å². The van der Waals surface area contributed by atoms with Crippen molar-refractivity contribution in [1.29, 1.82) is 0 Å². The number of rotatable bonds is 8. The van der Waals surface area contributed by atoms with Crippen molar-refractivity contribution >= 4 is 11.8 Å². The average molecular weight is 381 g/mol. The van der Waals surface area contributed by atoms with E-state index < -0.39 is 6.04 Å². The van der Waals surface area contributed by atoms with Crippen molar-refractivity contribution in [2.24, 2.45) is 0 Å². The third-order valence-corrected chi connectivity index (χ3v) is 4.82. The highest BCUT2D eigenvalue weighted by Crippen LogP contribution is 2.14. The van der Waals surface area contributed by atoms with Crippen molar-refractivity contribution < 1.29 is 9.59 Å². The molecule has 0 radical (unpaired) electrons. The van der Waals surface area contributed by atoms with Crippen LogP contribution in [0.3, 0.4) is 0 Å². The molecule has 150 valence electrons. The van der Waals surface area contributed by atoms with Gasteiger partial charge >= 0.3 is 0 Å². The molecule has 4 heteroatoms. The van der Waals surface area contributed by atoms with Crippen molar-refractivity contribution in [2.75, 3.05) is 0 Å². The largest absolute Gasteiger partial charge is 0.352 e. The minimum absolute atomic E-state index is 0.00689. The van der Waals surface area contributed by atoms with Gasteiger partial charge in [-0.1, -0.05) is 59.7 Å². The summed E-state index contributed by atoms with van der Waals surface area (Å²) in [6.45, 7) is 10.2. The number of carbonyl (C=O) groups excluding carboxylic acids is 2. The number of hydrogen-bond acceptors (Lipinski definition) is 2. The van der Waals surface area contributed by atoms with E-state index in [0.29, 0.717) is 19.4 Å². The Kier molecular flexibility index (Phi) is 7.80. The molecule has 2 rings (SSSR count). The molecule has 0 heterocycles. The van der Waals surface area contributed by atoms with E-state index in [0.717, 1.165) is 11.1 Å². The lowest BCUT2D eigenvalue weighted by molar-refractivity contribution is -0.140.